The highest BCUT2D eigenvalue weighted by Gasteiger charge is 2.20. The molecule has 0 fully saturated rings. The third-order valence-corrected chi connectivity index (χ3v) is 3.73. The minimum absolute atomic E-state index is 0.0822. The van der Waals surface area contributed by atoms with Crippen molar-refractivity contribution in [1.82, 2.24) is 10.6 Å². The van der Waals surface area contributed by atoms with Crippen molar-refractivity contribution in [2.75, 3.05) is 13.2 Å². The number of hydrogen-bond donors (Lipinski definition) is 2. The van der Waals surface area contributed by atoms with Crippen LogP contribution in [0.2, 0.25) is 0 Å². The van der Waals surface area contributed by atoms with Gasteiger partial charge in [-0.05, 0) is 50.7 Å². The van der Waals surface area contributed by atoms with E-state index in [9.17, 15) is 4.79 Å². The number of ether oxygens (including phenoxy) is 1. The highest BCUT2D eigenvalue weighted by atomic mass is 16.5. The molecule has 0 aromatic heterocycles. The predicted octanol–water partition coefficient (Wildman–Crippen LogP) is 3.18. The second-order valence-corrected chi connectivity index (χ2v) is 5.82. The summed E-state index contributed by atoms with van der Waals surface area (Å²) in [5, 5.41) is 5.99. The molecular weight excluding hydrogens is 264 g/mol. The smallest absolute Gasteiger partial charge is 0.315 e. The maximum absolute atomic E-state index is 12.0. The Balaban J connectivity index is 1.74. The molecule has 1 unspecified atom stereocenters. The summed E-state index contributed by atoms with van der Waals surface area (Å²) in [6.07, 6.45) is 4.35. The summed E-state index contributed by atoms with van der Waals surface area (Å²) in [6, 6.07) is 8.44. The molecule has 2 N–H and O–H groups in total. The van der Waals surface area contributed by atoms with E-state index in [1.54, 1.807) is 0 Å². The average molecular weight is 290 g/mol. The van der Waals surface area contributed by atoms with Gasteiger partial charge in [-0.1, -0.05) is 24.3 Å². The number of carbonyl (C=O) groups is 1. The van der Waals surface area contributed by atoms with Crippen LogP contribution in [0, 0.1) is 0 Å². The number of urea groups is 1. The lowest BCUT2D eigenvalue weighted by molar-refractivity contribution is 0.0774. The van der Waals surface area contributed by atoms with Gasteiger partial charge in [0.25, 0.3) is 0 Å². The van der Waals surface area contributed by atoms with E-state index in [1.165, 1.54) is 11.1 Å². The Kier molecular flexibility index (Phi) is 6.05. The van der Waals surface area contributed by atoms with Gasteiger partial charge < -0.3 is 15.4 Å². The molecule has 0 saturated heterocycles. The van der Waals surface area contributed by atoms with Crippen LogP contribution in [0.4, 0.5) is 4.79 Å². The first-order chi connectivity index (χ1) is 10.2. The first-order valence-electron chi connectivity index (χ1n) is 7.90. The Morgan fingerprint density at radius 1 is 1.38 bits per heavy atom. The molecule has 21 heavy (non-hydrogen) atoms. The van der Waals surface area contributed by atoms with Crippen molar-refractivity contribution in [2.45, 2.75) is 51.7 Å². The standard InChI is InChI=1S/C17H26N2O2/c1-13(2)21-12-6-11-18-17(20)19-16-10-5-8-14-7-3-4-9-15(14)16/h3-4,7,9,13,16H,5-6,8,10-12H2,1-2H3,(H2,18,19,20). The van der Waals surface area contributed by atoms with Crippen LogP contribution in [-0.4, -0.2) is 25.3 Å². The molecule has 0 aliphatic heterocycles. The van der Waals surface area contributed by atoms with Crippen LogP contribution >= 0.6 is 0 Å². The number of carbonyl (C=O) groups excluding carboxylic acids is 1. The van der Waals surface area contributed by atoms with E-state index < -0.39 is 0 Å². The summed E-state index contributed by atoms with van der Waals surface area (Å²) in [4.78, 5) is 12.0. The van der Waals surface area contributed by atoms with Gasteiger partial charge in [0.2, 0.25) is 0 Å². The van der Waals surface area contributed by atoms with Gasteiger partial charge in [0.05, 0.1) is 12.1 Å². The molecule has 2 rings (SSSR count). The van der Waals surface area contributed by atoms with E-state index in [0.717, 1.165) is 25.7 Å². The summed E-state index contributed by atoms with van der Waals surface area (Å²) in [7, 11) is 0. The van der Waals surface area contributed by atoms with E-state index >= 15 is 0 Å². The zero-order valence-corrected chi connectivity index (χ0v) is 13.0. The van der Waals surface area contributed by atoms with Crippen LogP contribution in [0.25, 0.3) is 0 Å². The number of benzene rings is 1. The van der Waals surface area contributed by atoms with Gasteiger partial charge in [-0.2, -0.15) is 0 Å². The minimum atomic E-state index is -0.0822. The molecule has 1 atom stereocenters. The maximum atomic E-state index is 12.0. The molecule has 1 aliphatic carbocycles. The van der Waals surface area contributed by atoms with E-state index in [2.05, 4.69) is 28.8 Å². The Hall–Kier alpha value is -1.55. The molecule has 0 saturated carbocycles. The van der Waals surface area contributed by atoms with E-state index in [-0.39, 0.29) is 18.2 Å². The second-order valence-electron chi connectivity index (χ2n) is 5.82. The number of rotatable bonds is 6. The Labute approximate surface area is 127 Å². The highest BCUT2D eigenvalue weighted by molar-refractivity contribution is 5.74. The number of nitrogens with one attached hydrogen (secondary N) is 2. The number of fused-ring (bicyclic) bond motifs is 1. The zero-order valence-electron chi connectivity index (χ0n) is 13.0. The molecule has 0 spiro atoms. The van der Waals surface area contributed by atoms with Crippen molar-refractivity contribution in [1.29, 1.82) is 0 Å². The highest BCUT2D eigenvalue weighted by Crippen LogP contribution is 2.29. The van der Waals surface area contributed by atoms with Crippen LogP contribution in [0.3, 0.4) is 0 Å². The largest absolute Gasteiger partial charge is 0.379 e. The monoisotopic (exact) mass is 290 g/mol. The lowest BCUT2D eigenvalue weighted by atomic mass is 9.88. The van der Waals surface area contributed by atoms with Crippen molar-refractivity contribution >= 4 is 6.03 Å². The number of aryl methyl sites for hydroxylation is 1. The average Bonchev–Trinajstić information content (AvgIpc) is 2.47. The molecule has 2 amide bonds. The topological polar surface area (TPSA) is 50.4 Å². The Morgan fingerprint density at radius 3 is 3.00 bits per heavy atom. The molecule has 1 aromatic rings. The molecule has 0 radical (unpaired) electrons. The van der Waals surface area contributed by atoms with Crippen LogP contribution in [0.15, 0.2) is 24.3 Å². The SMILES string of the molecule is CC(C)OCCCNC(=O)NC1CCCc2ccccc21. The van der Waals surface area contributed by atoms with Crippen LogP contribution < -0.4 is 10.6 Å². The normalized spacial score (nSPS) is 17.4. The fraction of sp³-hybridized carbons (Fsp3) is 0.588. The van der Waals surface area contributed by atoms with Gasteiger partial charge in [-0.25, -0.2) is 4.79 Å². The van der Waals surface area contributed by atoms with Gasteiger partial charge in [0, 0.05) is 13.2 Å². The summed E-state index contributed by atoms with van der Waals surface area (Å²) >= 11 is 0. The van der Waals surface area contributed by atoms with E-state index in [0.29, 0.717) is 13.2 Å². The summed E-state index contributed by atoms with van der Waals surface area (Å²) in [5.74, 6) is 0. The molecule has 4 nitrogen and oxygen atoms in total. The lowest BCUT2D eigenvalue weighted by Crippen LogP contribution is -2.39. The minimum Gasteiger partial charge on any atom is -0.379 e. The summed E-state index contributed by atoms with van der Waals surface area (Å²) in [5.41, 5.74) is 2.63. The van der Waals surface area contributed by atoms with Crippen LogP contribution in [0.1, 0.15) is 50.3 Å². The fourth-order valence-corrected chi connectivity index (χ4v) is 2.71. The van der Waals surface area contributed by atoms with Gasteiger partial charge in [-0.15, -0.1) is 0 Å². The summed E-state index contributed by atoms with van der Waals surface area (Å²) in [6.45, 7) is 5.36. The molecule has 0 bridgehead atoms. The molecule has 1 aliphatic rings. The van der Waals surface area contributed by atoms with Gasteiger partial charge in [0.15, 0.2) is 0 Å². The van der Waals surface area contributed by atoms with Crippen molar-refractivity contribution < 1.29 is 9.53 Å². The lowest BCUT2D eigenvalue weighted by Gasteiger charge is -2.26. The number of hydrogen-bond acceptors (Lipinski definition) is 2. The third kappa shape index (κ3) is 5.05. The molecule has 116 valence electrons. The summed E-state index contributed by atoms with van der Waals surface area (Å²) < 4.78 is 5.45. The first-order valence-corrected chi connectivity index (χ1v) is 7.90. The molecule has 1 aromatic carbocycles. The quantitative estimate of drug-likeness (QED) is 0.791. The molecule has 4 heteroatoms. The van der Waals surface area contributed by atoms with Crippen LogP contribution in [0.5, 0.6) is 0 Å². The van der Waals surface area contributed by atoms with Crippen molar-refractivity contribution in [3.05, 3.63) is 35.4 Å². The van der Waals surface area contributed by atoms with E-state index in [4.69, 9.17) is 4.74 Å². The van der Waals surface area contributed by atoms with Gasteiger partial charge in [-0.3, -0.25) is 0 Å². The third-order valence-electron chi connectivity index (χ3n) is 3.73. The number of amides is 2. The predicted molar refractivity (Wildman–Crippen MR) is 84.4 cm³/mol. The molecular formula is C17H26N2O2. The maximum Gasteiger partial charge on any atom is 0.315 e. The molecule has 0 heterocycles. The van der Waals surface area contributed by atoms with Gasteiger partial charge in [0.1, 0.15) is 0 Å². The Morgan fingerprint density at radius 2 is 2.19 bits per heavy atom. The fourth-order valence-electron chi connectivity index (χ4n) is 2.71. The second kappa shape index (κ2) is 8.03. The first kappa shape index (κ1) is 15.8. The van der Waals surface area contributed by atoms with Crippen LogP contribution in [-0.2, 0) is 11.2 Å². The van der Waals surface area contributed by atoms with Crippen molar-refractivity contribution in [2.24, 2.45) is 0 Å². The van der Waals surface area contributed by atoms with Crippen molar-refractivity contribution in [3.8, 4) is 0 Å². The Bertz CT molecular complexity index is 460. The van der Waals surface area contributed by atoms with Gasteiger partial charge >= 0.3 is 6.03 Å². The van der Waals surface area contributed by atoms with Crippen molar-refractivity contribution in [3.63, 3.8) is 0 Å². The zero-order chi connectivity index (χ0) is 15.1. The van der Waals surface area contributed by atoms with E-state index in [1.807, 2.05) is 19.9 Å².